The summed E-state index contributed by atoms with van der Waals surface area (Å²) in [6, 6.07) is 6.16. The lowest BCUT2D eigenvalue weighted by molar-refractivity contribution is 0.0291. The summed E-state index contributed by atoms with van der Waals surface area (Å²) in [7, 11) is 1.94. The van der Waals surface area contributed by atoms with Crippen LogP contribution in [0.25, 0.3) is 0 Å². The normalized spacial score (nSPS) is 17.6. The molecule has 0 aliphatic heterocycles. The highest BCUT2D eigenvalue weighted by Gasteiger charge is 2.12. The van der Waals surface area contributed by atoms with Crippen molar-refractivity contribution in [1.82, 2.24) is 10.3 Å². The summed E-state index contributed by atoms with van der Waals surface area (Å²) in [5.41, 5.74) is 2.13. The second-order valence-electron chi connectivity index (χ2n) is 5.08. The van der Waals surface area contributed by atoms with Crippen molar-refractivity contribution < 1.29 is 4.74 Å². The lowest BCUT2D eigenvalue weighted by atomic mass is 10.1. The van der Waals surface area contributed by atoms with Crippen molar-refractivity contribution in [3.8, 4) is 0 Å². The van der Waals surface area contributed by atoms with Crippen LogP contribution in [0.4, 0.5) is 0 Å². The maximum atomic E-state index is 6.00. The first kappa shape index (κ1) is 13.5. The molecule has 2 rings (SSSR count). The van der Waals surface area contributed by atoms with Crippen molar-refractivity contribution in [1.29, 1.82) is 0 Å². The Morgan fingerprint density at radius 2 is 1.89 bits per heavy atom. The minimum Gasteiger partial charge on any atom is -0.372 e. The molecule has 100 valence electrons. The van der Waals surface area contributed by atoms with Gasteiger partial charge in [-0.15, -0.1) is 0 Å². The molecule has 0 radical (unpaired) electrons. The minimum absolute atomic E-state index is 0.447. The molecule has 1 saturated carbocycles. The number of ether oxygens (including phenoxy) is 1. The van der Waals surface area contributed by atoms with E-state index in [-0.39, 0.29) is 0 Å². The van der Waals surface area contributed by atoms with Crippen LogP contribution in [0.1, 0.15) is 49.9 Å². The summed E-state index contributed by atoms with van der Waals surface area (Å²) in [5, 5.41) is 3.12. The molecule has 3 nitrogen and oxygen atoms in total. The average molecular weight is 248 g/mol. The highest BCUT2D eigenvalue weighted by molar-refractivity contribution is 5.10. The summed E-state index contributed by atoms with van der Waals surface area (Å²) < 4.78 is 6.00. The van der Waals surface area contributed by atoms with Crippen LogP contribution in [-0.4, -0.2) is 18.1 Å². The second kappa shape index (κ2) is 7.49. The number of hydrogen-bond acceptors (Lipinski definition) is 3. The molecule has 1 N–H and O–H groups in total. The maximum absolute atomic E-state index is 6.00. The number of rotatable bonds is 5. The van der Waals surface area contributed by atoms with E-state index in [4.69, 9.17) is 4.74 Å². The van der Waals surface area contributed by atoms with E-state index in [2.05, 4.69) is 22.4 Å². The van der Waals surface area contributed by atoms with Crippen LogP contribution in [-0.2, 0) is 17.9 Å². The summed E-state index contributed by atoms with van der Waals surface area (Å²) in [6.45, 7) is 1.47. The lowest BCUT2D eigenvalue weighted by Gasteiger charge is -2.15. The van der Waals surface area contributed by atoms with E-state index < -0.39 is 0 Å². The molecule has 0 aromatic carbocycles. The van der Waals surface area contributed by atoms with Crippen molar-refractivity contribution in [2.75, 3.05) is 7.05 Å². The van der Waals surface area contributed by atoms with Gasteiger partial charge in [-0.3, -0.25) is 4.98 Å². The smallest absolute Gasteiger partial charge is 0.0891 e. The second-order valence-corrected chi connectivity index (χ2v) is 5.08. The molecule has 0 saturated heterocycles. The molecule has 1 fully saturated rings. The lowest BCUT2D eigenvalue weighted by Crippen LogP contribution is -2.13. The zero-order valence-corrected chi connectivity index (χ0v) is 11.3. The Morgan fingerprint density at radius 3 is 2.61 bits per heavy atom. The maximum Gasteiger partial charge on any atom is 0.0891 e. The average Bonchev–Trinajstić information content (AvgIpc) is 2.66. The first-order chi connectivity index (χ1) is 8.88. The highest BCUT2D eigenvalue weighted by Crippen LogP contribution is 2.20. The monoisotopic (exact) mass is 248 g/mol. The van der Waals surface area contributed by atoms with Gasteiger partial charge in [-0.05, 0) is 32.0 Å². The van der Waals surface area contributed by atoms with Gasteiger partial charge < -0.3 is 10.1 Å². The van der Waals surface area contributed by atoms with Gasteiger partial charge in [-0.2, -0.15) is 0 Å². The quantitative estimate of drug-likeness (QED) is 0.813. The predicted molar refractivity (Wildman–Crippen MR) is 73.3 cm³/mol. The zero-order chi connectivity index (χ0) is 12.6. The van der Waals surface area contributed by atoms with Crippen LogP contribution in [0.15, 0.2) is 18.2 Å². The SMILES string of the molecule is CNCc1cccc(COC2CCCCCC2)n1. The van der Waals surface area contributed by atoms with Crippen LogP contribution in [0.3, 0.4) is 0 Å². The predicted octanol–water partition coefficient (Wildman–Crippen LogP) is 3.04. The number of nitrogens with zero attached hydrogens (tertiary/aromatic N) is 1. The first-order valence-corrected chi connectivity index (χ1v) is 7.09. The van der Waals surface area contributed by atoms with Gasteiger partial charge in [0.15, 0.2) is 0 Å². The topological polar surface area (TPSA) is 34.1 Å². The molecule has 18 heavy (non-hydrogen) atoms. The molecular weight excluding hydrogens is 224 g/mol. The Morgan fingerprint density at radius 1 is 1.17 bits per heavy atom. The third-order valence-corrected chi connectivity index (χ3v) is 3.49. The van der Waals surface area contributed by atoms with E-state index in [0.717, 1.165) is 17.9 Å². The standard InChI is InChI=1S/C15H24N2O/c1-16-11-13-7-6-8-14(17-13)12-18-15-9-4-2-3-5-10-15/h6-8,15-16H,2-5,9-12H2,1H3. The zero-order valence-electron chi connectivity index (χ0n) is 11.3. The Hall–Kier alpha value is -0.930. The van der Waals surface area contributed by atoms with Gasteiger partial charge >= 0.3 is 0 Å². The highest BCUT2D eigenvalue weighted by atomic mass is 16.5. The van der Waals surface area contributed by atoms with E-state index in [1.54, 1.807) is 0 Å². The fourth-order valence-electron chi connectivity index (χ4n) is 2.50. The third kappa shape index (κ3) is 4.39. The molecule has 0 spiro atoms. The van der Waals surface area contributed by atoms with Crippen LogP contribution in [0.2, 0.25) is 0 Å². The van der Waals surface area contributed by atoms with Crippen LogP contribution < -0.4 is 5.32 Å². The van der Waals surface area contributed by atoms with Crippen molar-refractivity contribution in [2.24, 2.45) is 0 Å². The van der Waals surface area contributed by atoms with Crippen LogP contribution >= 0.6 is 0 Å². The Labute approximate surface area is 110 Å². The fraction of sp³-hybridized carbons (Fsp3) is 0.667. The molecule has 0 amide bonds. The number of aromatic nitrogens is 1. The Balaban J connectivity index is 1.83. The molecule has 0 unspecified atom stereocenters. The van der Waals surface area contributed by atoms with Gasteiger partial charge in [0, 0.05) is 6.54 Å². The van der Waals surface area contributed by atoms with Gasteiger partial charge in [-0.1, -0.05) is 31.7 Å². The van der Waals surface area contributed by atoms with Crippen LogP contribution in [0, 0.1) is 0 Å². The molecule has 1 aliphatic rings. The minimum atomic E-state index is 0.447. The molecule has 1 aliphatic carbocycles. The molecule has 1 heterocycles. The van der Waals surface area contributed by atoms with Gasteiger partial charge in [0.1, 0.15) is 0 Å². The molecular formula is C15H24N2O. The van der Waals surface area contributed by atoms with E-state index in [9.17, 15) is 0 Å². The molecule has 1 aromatic heterocycles. The third-order valence-electron chi connectivity index (χ3n) is 3.49. The number of hydrogen-bond donors (Lipinski definition) is 1. The molecule has 0 atom stereocenters. The number of nitrogens with one attached hydrogen (secondary N) is 1. The summed E-state index contributed by atoms with van der Waals surface area (Å²) >= 11 is 0. The summed E-state index contributed by atoms with van der Waals surface area (Å²) in [4.78, 5) is 4.58. The van der Waals surface area contributed by atoms with E-state index in [0.29, 0.717) is 12.7 Å². The van der Waals surface area contributed by atoms with Crippen molar-refractivity contribution in [2.45, 2.75) is 57.8 Å². The van der Waals surface area contributed by atoms with Gasteiger partial charge in [0.05, 0.1) is 24.1 Å². The van der Waals surface area contributed by atoms with Gasteiger partial charge in [-0.25, -0.2) is 0 Å². The molecule has 0 bridgehead atoms. The fourth-order valence-corrected chi connectivity index (χ4v) is 2.50. The van der Waals surface area contributed by atoms with Gasteiger partial charge in [0.25, 0.3) is 0 Å². The van der Waals surface area contributed by atoms with E-state index in [1.165, 1.54) is 38.5 Å². The van der Waals surface area contributed by atoms with Crippen molar-refractivity contribution in [3.63, 3.8) is 0 Å². The largest absolute Gasteiger partial charge is 0.372 e. The van der Waals surface area contributed by atoms with E-state index >= 15 is 0 Å². The molecule has 3 heteroatoms. The van der Waals surface area contributed by atoms with Crippen molar-refractivity contribution in [3.05, 3.63) is 29.6 Å². The Bertz CT molecular complexity index is 346. The molecule has 1 aromatic rings. The van der Waals surface area contributed by atoms with Gasteiger partial charge in [0.2, 0.25) is 0 Å². The summed E-state index contributed by atoms with van der Waals surface area (Å²) in [6.07, 6.45) is 8.26. The summed E-state index contributed by atoms with van der Waals surface area (Å²) in [5.74, 6) is 0. The first-order valence-electron chi connectivity index (χ1n) is 7.09. The number of pyridine rings is 1. The van der Waals surface area contributed by atoms with E-state index in [1.807, 2.05) is 13.1 Å². The van der Waals surface area contributed by atoms with Crippen LogP contribution in [0.5, 0.6) is 0 Å². The van der Waals surface area contributed by atoms with Crippen molar-refractivity contribution >= 4 is 0 Å². The Kier molecular flexibility index (Phi) is 5.62.